The first-order chi connectivity index (χ1) is 9.43. The van der Waals surface area contributed by atoms with E-state index in [1.54, 1.807) is 4.90 Å². The van der Waals surface area contributed by atoms with Crippen molar-refractivity contribution in [3.63, 3.8) is 0 Å². The highest BCUT2D eigenvalue weighted by Gasteiger charge is 2.49. The molecule has 1 N–H and O–H groups in total. The highest BCUT2D eigenvalue weighted by molar-refractivity contribution is 5.99. The lowest BCUT2D eigenvalue weighted by Gasteiger charge is -2.46. The minimum atomic E-state index is -0.737. The van der Waals surface area contributed by atoms with Crippen LogP contribution in [0.3, 0.4) is 0 Å². The average molecular weight is 278 g/mol. The molecule has 0 aromatic rings. The SMILES string of the molecule is C#CCCCN1C(=O)C(CC)(CC)NC(=O)C1C(C)C. The molecule has 4 heteroatoms. The third-order valence-corrected chi connectivity index (χ3v) is 4.20. The van der Waals surface area contributed by atoms with Crippen molar-refractivity contribution < 1.29 is 9.59 Å². The summed E-state index contributed by atoms with van der Waals surface area (Å²) in [6.45, 7) is 8.38. The molecular formula is C16H26N2O2. The summed E-state index contributed by atoms with van der Waals surface area (Å²) in [6, 6.07) is -0.383. The Kier molecular flexibility index (Phi) is 5.62. The molecule has 1 aliphatic rings. The highest BCUT2D eigenvalue weighted by Crippen LogP contribution is 2.28. The molecule has 112 valence electrons. The normalized spacial score (nSPS) is 21.8. The predicted octanol–water partition coefficient (Wildman–Crippen LogP) is 1.94. The summed E-state index contributed by atoms with van der Waals surface area (Å²) in [6.07, 6.45) is 7.87. The van der Waals surface area contributed by atoms with Crippen molar-refractivity contribution in [2.24, 2.45) is 5.92 Å². The number of rotatable bonds is 6. The molecule has 0 saturated carbocycles. The van der Waals surface area contributed by atoms with Crippen LogP contribution < -0.4 is 5.32 Å². The number of carbonyl (C=O) groups is 2. The van der Waals surface area contributed by atoms with Crippen LogP contribution in [-0.2, 0) is 9.59 Å². The van der Waals surface area contributed by atoms with Crippen molar-refractivity contribution in [2.75, 3.05) is 6.54 Å². The van der Waals surface area contributed by atoms with Crippen molar-refractivity contribution >= 4 is 11.8 Å². The van der Waals surface area contributed by atoms with Crippen LogP contribution in [0.2, 0.25) is 0 Å². The van der Waals surface area contributed by atoms with Crippen LogP contribution in [0, 0.1) is 18.3 Å². The molecule has 4 nitrogen and oxygen atoms in total. The maximum atomic E-state index is 12.8. The molecular weight excluding hydrogens is 252 g/mol. The first-order valence-electron chi connectivity index (χ1n) is 7.50. The van der Waals surface area contributed by atoms with Gasteiger partial charge in [0.1, 0.15) is 11.6 Å². The van der Waals surface area contributed by atoms with Crippen molar-refractivity contribution in [1.82, 2.24) is 10.2 Å². The van der Waals surface area contributed by atoms with Crippen molar-refractivity contribution in [1.29, 1.82) is 0 Å². The number of nitrogens with one attached hydrogen (secondary N) is 1. The lowest BCUT2D eigenvalue weighted by Crippen LogP contribution is -2.71. The van der Waals surface area contributed by atoms with Crippen LogP contribution in [-0.4, -0.2) is 34.8 Å². The third-order valence-electron chi connectivity index (χ3n) is 4.20. The Labute approximate surface area is 122 Å². The van der Waals surface area contributed by atoms with Gasteiger partial charge in [0.2, 0.25) is 11.8 Å². The number of carbonyl (C=O) groups excluding carboxylic acids is 2. The Morgan fingerprint density at radius 2 is 1.95 bits per heavy atom. The van der Waals surface area contributed by atoms with Crippen LogP contribution in [0.5, 0.6) is 0 Å². The topological polar surface area (TPSA) is 49.4 Å². The van der Waals surface area contributed by atoms with Crippen LogP contribution in [0.15, 0.2) is 0 Å². The summed E-state index contributed by atoms with van der Waals surface area (Å²) in [5.74, 6) is 2.68. The van der Waals surface area contributed by atoms with E-state index in [0.29, 0.717) is 25.8 Å². The first kappa shape index (κ1) is 16.6. The monoisotopic (exact) mass is 278 g/mol. The summed E-state index contributed by atoms with van der Waals surface area (Å²) in [4.78, 5) is 27.0. The minimum absolute atomic E-state index is 0.0380. The molecule has 0 bridgehead atoms. The molecule has 0 aliphatic carbocycles. The number of hydrogen-bond donors (Lipinski definition) is 1. The van der Waals surface area contributed by atoms with E-state index in [1.165, 1.54) is 0 Å². The second kappa shape index (κ2) is 6.78. The Hall–Kier alpha value is -1.50. The molecule has 1 fully saturated rings. The van der Waals surface area contributed by atoms with Crippen LogP contribution in [0.25, 0.3) is 0 Å². The van der Waals surface area contributed by atoms with E-state index < -0.39 is 5.54 Å². The molecule has 0 radical (unpaired) electrons. The second-order valence-electron chi connectivity index (χ2n) is 5.77. The van der Waals surface area contributed by atoms with E-state index in [9.17, 15) is 9.59 Å². The van der Waals surface area contributed by atoms with Crippen LogP contribution in [0.1, 0.15) is 53.4 Å². The van der Waals surface area contributed by atoms with Gasteiger partial charge in [0.05, 0.1) is 0 Å². The van der Waals surface area contributed by atoms with Crippen molar-refractivity contribution in [2.45, 2.75) is 65.0 Å². The van der Waals surface area contributed by atoms with E-state index >= 15 is 0 Å². The smallest absolute Gasteiger partial charge is 0.248 e. The zero-order valence-corrected chi connectivity index (χ0v) is 13.0. The van der Waals surface area contributed by atoms with E-state index in [4.69, 9.17) is 6.42 Å². The average Bonchev–Trinajstić information content (AvgIpc) is 2.42. The van der Waals surface area contributed by atoms with Crippen molar-refractivity contribution in [3.05, 3.63) is 0 Å². The quantitative estimate of drug-likeness (QED) is 0.596. The molecule has 1 rings (SSSR count). The van der Waals surface area contributed by atoms with Gasteiger partial charge in [0, 0.05) is 13.0 Å². The van der Waals surface area contributed by atoms with E-state index in [2.05, 4.69) is 11.2 Å². The summed E-state index contributed by atoms with van der Waals surface area (Å²) in [7, 11) is 0. The Balaban J connectivity index is 3.04. The molecule has 1 aliphatic heterocycles. The molecule has 1 atom stereocenters. The molecule has 0 spiro atoms. The second-order valence-corrected chi connectivity index (χ2v) is 5.77. The van der Waals surface area contributed by atoms with Crippen LogP contribution in [0.4, 0.5) is 0 Å². The van der Waals surface area contributed by atoms with Gasteiger partial charge in [-0.2, -0.15) is 0 Å². The number of amides is 2. The summed E-state index contributed by atoms with van der Waals surface area (Å²) in [5, 5.41) is 2.96. The number of hydrogen-bond acceptors (Lipinski definition) is 2. The van der Waals surface area contributed by atoms with Gasteiger partial charge >= 0.3 is 0 Å². The molecule has 0 aromatic carbocycles. The Morgan fingerprint density at radius 3 is 2.40 bits per heavy atom. The van der Waals surface area contributed by atoms with Gasteiger partial charge in [-0.1, -0.05) is 27.7 Å². The van der Waals surface area contributed by atoms with Gasteiger partial charge < -0.3 is 10.2 Å². The largest absolute Gasteiger partial charge is 0.340 e. The van der Waals surface area contributed by atoms with E-state index in [1.807, 2.05) is 27.7 Å². The number of nitrogens with zero attached hydrogens (tertiary/aromatic N) is 1. The summed E-state index contributed by atoms with van der Waals surface area (Å²) >= 11 is 0. The Morgan fingerprint density at radius 1 is 1.35 bits per heavy atom. The van der Waals surface area contributed by atoms with Gasteiger partial charge in [-0.25, -0.2) is 0 Å². The van der Waals surface area contributed by atoms with Gasteiger partial charge in [0.25, 0.3) is 0 Å². The van der Waals surface area contributed by atoms with E-state index in [-0.39, 0.29) is 23.8 Å². The van der Waals surface area contributed by atoms with Crippen LogP contribution >= 0.6 is 0 Å². The molecule has 1 unspecified atom stereocenters. The number of terminal acetylenes is 1. The van der Waals surface area contributed by atoms with Gasteiger partial charge in [0.15, 0.2) is 0 Å². The van der Waals surface area contributed by atoms with Crippen molar-refractivity contribution in [3.8, 4) is 12.3 Å². The highest BCUT2D eigenvalue weighted by atomic mass is 16.2. The molecule has 2 amide bonds. The molecule has 20 heavy (non-hydrogen) atoms. The zero-order valence-electron chi connectivity index (χ0n) is 13.0. The Bertz CT molecular complexity index is 405. The number of piperazine rings is 1. The fourth-order valence-corrected chi connectivity index (χ4v) is 2.89. The molecule has 0 aromatic heterocycles. The fraction of sp³-hybridized carbons (Fsp3) is 0.750. The number of unbranched alkanes of at least 4 members (excludes halogenated alkanes) is 1. The minimum Gasteiger partial charge on any atom is -0.340 e. The summed E-state index contributed by atoms with van der Waals surface area (Å²) in [5.41, 5.74) is -0.737. The van der Waals surface area contributed by atoms with E-state index in [0.717, 1.165) is 6.42 Å². The summed E-state index contributed by atoms with van der Waals surface area (Å²) < 4.78 is 0. The molecule has 1 saturated heterocycles. The third kappa shape index (κ3) is 2.98. The first-order valence-corrected chi connectivity index (χ1v) is 7.50. The fourth-order valence-electron chi connectivity index (χ4n) is 2.89. The lowest BCUT2D eigenvalue weighted by molar-refractivity contribution is -0.157. The maximum absolute atomic E-state index is 12.8. The van der Waals surface area contributed by atoms with Gasteiger partial charge in [-0.05, 0) is 25.2 Å². The van der Waals surface area contributed by atoms with Gasteiger partial charge in [-0.3, -0.25) is 9.59 Å². The zero-order chi connectivity index (χ0) is 15.3. The maximum Gasteiger partial charge on any atom is 0.248 e. The standard InChI is InChI=1S/C16H26N2O2/c1-6-9-10-11-18-13(12(4)5)14(19)17-16(7-2,8-3)15(18)20/h1,12-13H,7-11H2,2-5H3,(H,17,19). The van der Waals surface area contributed by atoms with Gasteiger partial charge in [-0.15, -0.1) is 12.3 Å². The lowest BCUT2D eigenvalue weighted by atomic mass is 9.84. The molecule has 1 heterocycles. The predicted molar refractivity (Wildman–Crippen MR) is 79.9 cm³/mol.